The Morgan fingerprint density at radius 2 is 2.12 bits per heavy atom. The molecule has 1 fully saturated rings. The van der Waals surface area contributed by atoms with Gasteiger partial charge >= 0.3 is 0 Å². The lowest BCUT2D eigenvalue weighted by atomic mass is 9.94. The Hall–Kier alpha value is -1.55. The first-order valence-electron chi connectivity index (χ1n) is 6.16. The maximum absolute atomic E-state index is 5.58. The molecule has 0 unspecified atom stereocenters. The van der Waals surface area contributed by atoms with E-state index in [0.29, 0.717) is 5.92 Å². The zero-order valence-corrected chi connectivity index (χ0v) is 9.99. The van der Waals surface area contributed by atoms with Crippen molar-refractivity contribution in [1.29, 1.82) is 0 Å². The smallest absolute Gasteiger partial charge is 0.154 e. The Kier molecular flexibility index (Phi) is 2.73. The Morgan fingerprint density at radius 1 is 1.29 bits per heavy atom. The molecule has 3 heterocycles. The number of H-pyrrole nitrogens is 1. The van der Waals surface area contributed by atoms with Crippen molar-refractivity contribution in [3.05, 3.63) is 29.7 Å². The molecule has 0 aromatic carbocycles. The van der Waals surface area contributed by atoms with Gasteiger partial charge in [-0.25, -0.2) is 0 Å². The van der Waals surface area contributed by atoms with Crippen LogP contribution in [0.25, 0.3) is 11.5 Å². The summed E-state index contributed by atoms with van der Waals surface area (Å²) < 4.78 is 5.58. The molecule has 0 spiro atoms. The number of furan rings is 1. The number of aromatic nitrogens is 2. The molecule has 0 saturated carbocycles. The summed E-state index contributed by atoms with van der Waals surface area (Å²) in [7, 11) is 0. The fourth-order valence-electron chi connectivity index (χ4n) is 2.38. The average molecular weight is 231 g/mol. The van der Waals surface area contributed by atoms with Gasteiger partial charge in [0.15, 0.2) is 5.76 Å². The van der Waals surface area contributed by atoms with Gasteiger partial charge in [0.2, 0.25) is 0 Å². The number of nitrogens with zero attached hydrogens (tertiary/aromatic N) is 1. The van der Waals surface area contributed by atoms with Gasteiger partial charge in [0.05, 0.1) is 0 Å². The van der Waals surface area contributed by atoms with Gasteiger partial charge in [-0.2, -0.15) is 5.10 Å². The van der Waals surface area contributed by atoms with Crippen molar-refractivity contribution in [1.82, 2.24) is 15.5 Å². The summed E-state index contributed by atoms with van der Waals surface area (Å²) in [4.78, 5) is 0. The summed E-state index contributed by atoms with van der Waals surface area (Å²) >= 11 is 0. The van der Waals surface area contributed by atoms with Crippen molar-refractivity contribution < 1.29 is 4.42 Å². The number of piperidine rings is 1. The third kappa shape index (κ3) is 2.13. The van der Waals surface area contributed by atoms with Crippen molar-refractivity contribution in [3.8, 4) is 11.5 Å². The Labute approximate surface area is 100 Å². The summed E-state index contributed by atoms with van der Waals surface area (Å²) in [5, 5.41) is 10.9. The van der Waals surface area contributed by atoms with E-state index in [1.54, 1.807) is 0 Å². The zero-order chi connectivity index (χ0) is 11.7. The van der Waals surface area contributed by atoms with E-state index < -0.39 is 0 Å². The van der Waals surface area contributed by atoms with Gasteiger partial charge in [-0.15, -0.1) is 0 Å². The largest absolute Gasteiger partial charge is 0.460 e. The molecule has 0 radical (unpaired) electrons. The third-order valence-corrected chi connectivity index (χ3v) is 3.37. The first-order valence-corrected chi connectivity index (χ1v) is 6.16. The van der Waals surface area contributed by atoms with Crippen molar-refractivity contribution in [3.63, 3.8) is 0 Å². The Balaban J connectivity index is 1.82. The maximum Gasteiger partial charge on any atom is 0.154 e. The molecular formula is C13H17N3O. The van der Waals surface area contributed by atoms with Gasteiger partial charge in [-0.05, 0) is 51.1 Å². The summed E-state index contributed by atoms with van der Waals surface area (Å²) in [5.74, 6) is 2.37. The lowest BCUT2D eigenvalue weighted by Gasteiger charge is -2.20. The highest BCUT2D eigenvalue weighted by Crippen LogP contribution is 2.27. The van der Waals surface area contributed by atoms with Gasteiger partial charge < -0.3 is 9.73 Å². The van der Waals surface area contributed by atoms with Crippen LogP contribution in [0.3, 0.4) is 0 Å². The van der Waals surface area contributed by atoms with E-state index in [1.807, 2.05) is 19.1 Å². The molecule has 1 aliphatic heterocycles. The summed E-state index contributed by atoms with van der Waals surface area (Å²) in [6.45, 7) is 4.14. The number of nitrogens with one attached hydrogen (secondary N) is 2. The van der Waals surface area contributed by atoms with Crippen LogP contribution in [-0.2, 0) is 0 Å². The van der Waals surface area contributed by atoms with Crippen LogP contribution in [0.2, 0.25) is 0 Å². The standard InChI is InChI=1S/C13H17N3O/c1-9-2-3-13(17-9)12-8-11(15-16-12)10-4-6-14-7-5-10/h2-3,8,10,14H,4-7H2,1H3,(H,15,16). The van der Waals surface area contributed by atoms with Gasteiger partial charge in [-0.1, -0.05) is 0 Å². The Morgan fingerprint density at radius 3 is 2.82 bits per heavy atom. The summed E-state index contributed by atoms with van der Waals surface area (Å²) in [6, 6.07) is 6.06. The molecule has 3 rings (SSSR count). The number of rotatable bonds is 2. The van der Waals surface area contributed by atoms with E-state index >= 15 is 0 Å². The minimum Gasteiger partial charge on any atom is -0.460 e. The second-order valence-corrected chi connectivity index (χ2v) is 4.64. The minimum absolute atomic E-state index is 0.605. The van der Waals surface area contributed by atoms with E-state index in [2.05, 4.69) is 21.6 Å². The van der Waals surface area contributed by atoms with Crippen LogP contribution in [-0.4, -0.2) is 23.3 Å². The van der Waals surface area contributed by atoms with Crippen molar-refractivity contribution in [2.24, 2.45) is 0 Å². The zero-order valence-electron chi connectivity index (χ0n) is 9.99. The first kappa shape index (κ1) is 10.6. The van der Waals surface area contributed by atoms with Gasteiger partial charge in [0.25, 0.3) is 0 Å². The molecule has 0 bridgehead atoms. The lowest BCUT2D eigenvalue weighted by molar-refractivity contribution is 0.453. The van der Waals surface area contributed by atoms with E-state index in [9.17, 15) is 0 Å². The maximum atomic E-state index is 5.58. The topological polar surface area (TPSA) is 53.9 Å². The first-order chi connectivity index (χ1) is 8.33. The highest BCUT2D eigenvalue weighted by atomic mass is 16.3. The third-order valence-electron chi connectivity index (χ3n) is 3.37. The lowest BCUT2D eigenvalue weighted by Crippen LogP contribution is -2.26. The molecule has 2 aromatic rings. The van der Waals surface area contributed by atoms with Crippen LogP contribution in [0.15, 0.2) is 22.6 Å². The number of aromatic amines is 1. The van der Waals surface area contributed by atoms with Crippen molar-refractivity contribution in [2.45, 2.75) is 25.7 Å². The molecule has 0 atom stereocenters. The van der Waals surface area contributed by atoms with Crippen molar-refractivity contribution in [2.75, 3.05) is 13.1 Å². The average Bonchev–Trinajstić information content (AvgIpc) is 2.98. The van der Waals surface area contributed by atoms with E-state index in [-0.39, 0.29) is 0 Å². The predicted octanol–water partition coefficient (Wildman–Crippen LogP) is 2.45. The molecular weight excluding hydrogens is 214 g/mol. The molecule has 17 heavy (non-hydrogen) atoms. The SMILES string of the molecule is Cc1ccc(-c2cc(C3CCNCC3)[nH]n2)o1. The normalized spacial score (nSPS) is 17.5. The second-order valence-electron chi connectivity index (χ2n) is 4.64. The monoisotopic (exact) mass is 231 g/mol. The predicted molar refractivity (Wildman–Crippen MR) is 65.9 cm³/mol. The highest BCUT2D eigenvalue weighted by Gasteiger charge is 2.18. The van der Waals surface area contributed by atoms with Crippen LogP contribution in [0.1, 0.15) is 30.2 Å². The fourth-order valence-corrected chi connectivity index (χ4v) is 2.38. The molecule has 1 aliphatic rings. The van der Waals surface area contributed by atoms with Gasteiger partial charge in [0.1, 0.15) is 11.5 Å². The molecule has 2 N–H and O–H groups in total. The summed E-state index contributed by atoms with van der Waals surface area (Å²) in [6.07, 6.45) is 2.36. The molecule has 0 amide bonds. The van der Waals surface area contributed by atoms with Gasteiger partial charge in [0, 0.05) is 11.6 Å². The van der Waals surface area contributed by atoms with Crippen LogP contribution < -0.4 is 5.32 Å². The van der Waals surface area contributed by atoms with E-state index in [0.717, 1.165) is 30.3 Å². The number of hydrogen-bond acceptors (Lipinski definition) is 3. The van der Waals surface area contributed by atoms with Crippen LogP contribution >= 0.6 is 0 Å². The van der Waals surface area contributed by atoms with E-state index in [1.165, 1.54) is 18.5 Å². The second kappa shape index (κ2) is 4.37. The van der Waals surface area contributed by atoms with Crippen molar-refractivity contribution >= 4 is 0 Å². The molecule has 0 aliphatic carbocycles. The van der Waals surface area contributed by atoms with Crippen LogP contribution in [0.5, 0.6) is 0 Å². The van der Waals surface area contributed by atoms with Gasteiger partial charge in [-0.3, -0.25) is 5.10 Å². The molecule has 90 valence electrons. The number of hydrogen-bond donors (Lipinski definition) is 2. The van der Waals surface area contributed by atoms with Crippen LogP contribution in [0, 0.1) is 6.92 Å². The fraction of sp³-hybridized carbons (Fsp3) is 0.462. The summed E-state index contributed by atoms with van der Waals surface area (Å²) in [5.41, 5.74) is 2.14. The molecule has 2 aromatic heterocycles. The molecule has 4 nitrogen and oxygen atoms in total. The minimum atomic E-state index is 0.605. The molecule has 4 heteroatoms. The van der Waals surface area contributed by atoms with Crippen LogP contribution in [0.4, 0.5) is 0 Å². The Bertz CT molecular complexity index is 494. The quantitative estimate of drug-likeness (QED) is 0.834. The molecule has 1 saturated heterocycles. The number of aryl methyl sites for hydroxylation is 1. The highest BCUT2D eigenvalue weighted by molar-refractivity contribution is 5.52. The van der Waals surface area contributed by atoms with E-state index in [4.69, 9.17) is 4.42 Å².